The smallest absolute Gasteiger partial charge is 0.197 e. The van der Waals surface area contributed by atoms with Crippen molar-refractivity contribution in [2.45, 2.75) is 12.1 Å². The molecule has 0 fully saturated rings. The van der Waals surface area contributed by atoms with Crippen LogP contribution in [0.5, 0.6) is 0 Å². The summed E-state index contributed by atoms with van der Waals surface area (Å²) in [5, 5.41) is 9.04. The second-order valence-electron chi connectivity index (χ2n) is 3.39. The Morgan fingerprint density at radius 1 is 1.25 bits per heavy atom. The van der Waals surface area contributed by atoms with Crippen molar-refractivity contribution in [1.29, 1.82) is 0 Å². The van der Waals surface area contributed by atoms with Crippen LogP contribution in [-0.4, -0.2) is 30.8 Å². The predicted molar refractivity (Wildman–Crippen MR) is 62.6 cm³/mol. The zero-order valence-electron chi connectivity index (χ0n) is 8.88. The van der Waals surface area contributed by atoms with E-state index in [1.54, 1.807) is 6.20 Å². The van der Waals surface area contributed by atoms with Crippen LogP contribution < -0.4 is 0 Å². The van der Waals surface area contributed by atoms with Crippen LogP contribution >= 0.6 is 11.8 Å². The van der Waals surface area contributed by atoms with E-state index in [1.165, 1.54) is 11.8 Å². The molecule has 16 heavy (non-hydrogen) atoms. The van der Waals surface area contributed by atoms with Crippen molar-refractivity contribution in [2.24, 2.45) is 0 Å². The molecule has 0 amide bonds. The fourth-order valence-corrected chi connectivity index (χ4v) is 2.15. The Kier molecular flexibility index (Phi) is 2.03. The van der Waals surface area contributed by atoms with Gasteiger partial charge in [0.05, 0.1) is 0 Å². The van der Waals surface area contributed by atoms with E-state index in [0.29, 0.717) is 0 Å². The van der Waals surface area contributed by atoms with Crippen molar-refractivity contribution >= 4 is 28.6 Å². The lowest BCUT2D eigenvalue weighted by atomic mass is 10.4. The SMILES string of the molecule is CSc1nnc(C)c2nc3cccnc3n12. The zero-order valence-corrected chi connectivity index (χ0v) is 9.69. The van der Waals surface area contributed by atoms with E-state index in [0.717, 1.165) is 27.7 Å². The molecule has 0 aliphatic heterocycles. The summed E-state index contributed by atoms with van der Waals surface area (Å²) in [5.41, 5.74) is 3.35. The first-order valence-corrected chi connectivity index (χ1v) is 6.04. The summed E-state index contributed by atoms with van der Waals surface area (Å²) in [6.07, 6.45) is 3.73. The summed E-state index contributed by atoms with van der Waals surface area (Å²) in [6, 6.07) is 3.82. The average molecular weight is 231 g/mol. The van der Waals surface area contributed by atoms with Crippen LogP contribution in [-0.2, 0) is 0 Å². The maximum absolute atomic E-state index is 4.51. The normalized spacial score (nSPS) is 11.4. The average Bonchev–Trinajstić information content (AvgIpc) is 2.70. The van der Waals surface area contributed by atoms with Crippen molar-refractivity contribution in [1.82, 2.24) is 24.6 Å². The minimum absolute atomic E-state index is 0.807. The molecule has 0 radical (unpaired) electrons. The minimum atomic E-state index is 0.807. The molecule has 0 saturated heterocycles. The molecule has 5 nitrogen and oxygen atoms in total. The fourth-order valence-electron chi connectivity index (χ4n) is 1.68. The standard InChI is InChI=1S/C10H9N5S/c1-6-8-12-7-4-3-5-11-9(7)15(8)10(16-2)14-13-6/h3-5H,1-2H3. The van der Waals surface area contributed by atoms with Gasteiger partial charge >= 0.3 is 0 Å². The lowest BCUT2D eigenvalue weighted by molar-refractivity contribution is 0.796. The Labute approximate surface area is 95.9 Å². The summed E-state index contributed by atoms with van der Waals surface area (Å²) in [6.45, 7) is 1.90. The predicted octanol–water partition coefficient (Wildman–Crippen LogP) is 1.70. The summed E-state index contributed by atoms with van der Waals surface area (Å²) in [4.78, 5) is 8.85. The molecular weight excluding hydrogens is 222 g/mol. The number of aryl methyl sites for hydroxylation is 1. The lowest BCUT2D eigenvalue weighted by Crippen LogP contribution is -2.00. The Balaban J connectivity index is 2.59. The fraction of sp³-hybridized carbons (Fsp3) is 0.200. The largest absolute Gasteiger partial charge is 0.252 e. The van der Waals surface area contributed by atoms with E-state index >= 15 is 0 Å². The third kappa shape index (κ3) is 1.19. The van der Waals surface area contributed by atoms with Crippen LogP contribution in [0.1, 0.15) is 5.69 Å². The molecule has 3 rings (SSSR count). The first-order chi connectivity index (χ1) is 7.81. The number of hydrogen-bond donors (Lipinski definition) is 0. The minimum Gasteiger partial charge on any atom is -0.252 e. The van der Waals surface area contributed by atoms with Crippen molar-refractivity contribution in [3.05, 3.63) is 24.0 Å². The second-order valence-corrected chi connectivity index (χ2v) is 4.16. The summed E-state index contributed by atoms with van der Waals surface area (Å²) >= 11 is 1.54. The second kappa shape index (κ2) is 3.41. The molecule has 0 saturated carbocycles. The van der Waals surface area contributed by atoms with Gasteiger partial charge in [-0.3, -0.25) is 4.40 Å². The molecule has 0 atom stereocenters. The zero-order chi connectivity index (χ0) is 11.1. The molecule has 0 bridgehead atoms. The van der Waals surface area contributed by atoms with Crippen LogP contribution in [0, 0.1) is 6.92 Å². The van der Waals surface area contributed by atoms with Crippen molar-refractivity contribution in [3.8, 4) is 0 Å². The maximum atomic E-state index is 4.51. The molecule has 0 aliphatic carbocycles. The number of rotatable bonds is 1. The Morgan fingerprint density at radius 3 is 2.94 bits per heavy atom. The number of hydrogen-bond acceptors (Lipinski definition) is 5. The van der Waals surface area contributed by atoms with Crippen molar-refractivity contribution in [3.63, 3.8) is 0 Å². The van der Waals surface area contributed by atoms with E-state index in [9.17, 15) is 0 Å². The molecule has 80 valence electrons. The van der Waals surface area contributed by atoms with E-state index in [4.69, 9.17) is 0 Å². The van der Waals surface area contributed by atoms with Crippen LogP contribution in [0.3, 0.4) is 0 Å². The number of fused-ring (bicyclic) bond motifs is 3. The molecule has 3 aromatic rings. The van der Waals surface area contributed by atoms with Gasteiger partial charge in [-0.25, -0.2) is 9.97 Å². The number of imidazole rings is 1. The molecule has 0 aromatic carbocycles. The highest BCUT2D eigenvalue weighted by Gasteiger charge is 2.12. The van der Waals surface area contributed by atoms with E-state index < -0.39 is 0 Å². The third-order valence-corrected chi connectivity index (χ3v) is 3.03. The summed E-state index contributed by atoms with van der Waals surface area (Å²) < 4.78 is 1.95. The molecule has 6 heteroatoms. The molecule has 0 N–H and O–H groups in total. The first-order valence-electron chi connectivity index (χ1n) is 4.81. The first kappa shape index (κ1) is 9.53. The van der Waals surface area contributed by atoms with Gasteiger partial charge in [0, 0.05) is 6.20 Å². The van der Waals surface area contributed by atoms with Gasteiger partial charge in [-0.15, -0.1) is 10.2 Å². The molecular formula is C10H9N5S. The van der Waals surface area contributed by atoms with Gasteiger partial charge in [-0.1, -0.05) is 11.8 Å². The van der Waals surface area contributed by atoms with Gasteiger partial charge < -0.3 is 0 Å². The van der Waals surface area contributed by atoms with Crippen LogP contribution in [0.15, 0.2) is 23.5 Å². The summed E-state index contributed by atoms with van der Waals surface area (Å²) in [7, 11) is 0. The Morgan fingerprint density at radius 2 is 2.12 bits per heavy atom. The lowest BCUT2D eigenvalue weighted by Gasteiger charge is -2.01. The monoisotopic (exact) mass is 231 g/mol. The van der Waals surface area contributed by atoms with Gasteiger partial charge in [-0.2, -0.15) is 0 Å². The Hall–Kier alpha value is -1.69. The van der Waals surface area contributed by atoms with Gasteiger partial charge in [0.15, 0.2) is 16.5 Å². The summed E-state index contributed by atoms with van der Waals surface area (Å²) in [5.74, 6) is 0. The van der Waals surface area contributed by atoms with E-state index in [1.807, 2.05) is 29.7 Å². The van der Waals surface area contributed by atoms with Crippen LogP contribution in [0.2, 0.25) is 0 Å². The van der Waals surface area contributed by atoms with Gasteiger partial charge in [0.1, 0.15) is 11.2 Å². The van der Waals surface area contributed by atoms with Crippen molar-refractivity contribution in [2.75, 3.05) is 6.26 Å². The van der Waals surface area contributed by atoms with Gasteiger partial charge in [-0.05, 0) is 25.3 Å². The quantitative estimate of drug-likeness (QED) is 0.597. The van der Waals surface area contributed by atoms with E-state index in [2.05, 4.69) is 20.2 Å². The molecule has 3 aromatic heterocycles. The molecule has 3 heterocycles. The highest BCUT2D eigenvalue weighted by Crippen LogP contribution is 2.20. The third-order valence-electron chi connectivity index (χ3n) is 2.40. The molecule has 0 aliphatic rings. The topological polar surface area (TPSA) is 56.0 Å². The number of nitrogens with zero attached hydrogens (tertiary/aromatic N) is 5. The van der Waals surface area contributed by atoms with Gasteiger partial charge in [0.25, 0.3) is 0 Å². The highest BCUT2D eigenvalue weighted by atomic mass is 32.2. The van der Waals surface area contributed by atoms with Crippen LogP contribution in [0.25, 0.3) is 16.8 Å². The van der Waals surface area contributed by atoms with Crippen LogP contribution in [0.4, 0.5) is 0 Å². The van der Waals surface area contributed by atoms with Crippen molar-refractivity contribution < 1.29 is 0 Å². The van der Waals surface area contributed by atoms with E-state index in [-0.39, 0.29) is 0 Å². The Bertz CT molecular complexity index is 675. The number of aromatic nitrogens is 5. The highest BCUT2D eigenvalue weighted by molar-refractivity contribution is 7.98. The number of pyridine rings is 1. The maximum Gasteiger partial charge on any atom is 0.197 e. The number of thioether (sulfide) groups is 1. The molecule has 0 unspecified atom stereocenters. The molecule has 0 spiro atoms. The van der Waals surface area contributed by atoms with Gasteiger partial charge in [0.2, 0.25) is 0 Å².